The number of aromatic amines is 3. The molecule has 11 unspecified atom stereocenters. The van der Waals surface area contributed by atoms with E-state index in [-0.39, 0.29) is 139 Å². The highest BCUT2D eigenvalue weighted by Gasteiger charge is 2.37. The summed E-state index contributed by atoms with van der Waals surface area (Å²) in [6.07, 6.45) is 9.85. The van der Waals surface area contributed by atoms with Crippen LogP contribution >= 0.6 is 0 Å². The maximum atomic E-state index is 14.8. The van der Waals surface area contributed by atoms with Crippen molar-refractivity contribution in [3.63, 3.8) is 0 Å². The number of H-pyrrole nitrogens is 3. The summed E-state index contributed by atoms with van der Waals surface area (Å²) in [5.41, 5.74) is 42.1. The molecule has 41 nitrogen and oxygen atoms in total. The average molecular weight is 1560 g/mol. The van der Waals surface area contributed by atoms with Gasteiger partial charge < -0.3 is 129 Å². The van der Waals surface area contributed by atoms with E-state index in [1.54, 1.807) is 30.3 Å². The van der Waals surface area contributed by atoms with Gasteiger partial charge in [0.1, 0.15) is 66.2 Å². The van der Waals surface area contributed by atoms with Crippen LogP contribution in [0.2, 0.25) is 0 Å². The largest absolute Gasteiger partial charge is 0.508 e. The van der Waals surface area contributed by atoms with Gasteiger partial charge in [0.15, 0.2) is 11.9 Å². The van der Waals surface area contributed by atoms with Crippen molar-refractivity contribution in [2.45, 2.75) is 189 Å². The van der Waals surface area contributed by atoms with Crippen molar-refractivity contribution in [2.24, 2.45) is 40.1 Å². The zero-order valence-corrected chi connectivity index (χ0v) is 62.7. The molecule has 41 heteroatoms. The van der Waals surface area contributed by atoms with Gasteiger partial charge in [-0.2, -0.15) is 0 Å². The van der Waals surface area contributed by atoms with Gasteiger partial charge in [0, 0.05) is 63.8 Å². The van der Waals surface area contributed by atoms with E-state index in [4.69, 9.17) is 51.0 Å². The van der Waals surface area contributed by atoms with Gasteiger partial charge in [-0.1, -0.05) is 42.5 Å². The Hall–Kier alpha value is -12.1. The van der Waals surface area contributed by atoms with Gasteiger partial charge in [-0.25, -0.2) is 15.0 Å². The average Bonchev–Trinajstić information content (AvgIpc) is 1.24. The lowest BCUT2D eigenvalue weighted by Crippen LogP contribution is -2.60. The molecule has 0 saturated carbocycles. The second-order valence-corrected chi connectivity index (χ2v) is 26.8. The highest BCUT2D eigenvalue weighted by Crippen LogP contribution is 2.16. The molecule has 3 aromatic heterocycles. The summed E-state index contributed by atoms with van der Waals surface area (Å²) in [5.74, 6) is -11.1. The van der Waals surface area contributed by atoms with Gasteiger partial charge in [-0.3, -0.25) is 68.4 Å². The standard InChI is InChI=1S/C71H110N28O13/c1-41(75)60(103)91-48(15-5-8-24-72)62(105)94-52(19-12-28-85-71(79)80)66(109)99-57(33-46-36-83-40-89-46)69(112)98-56(32-45-35-82-39-88-45)61(104)86-37-58(101)90-54(30-43-20-22-47(100)23-21-43)67(110)95-49(16-6-9-25-73)63(106)93-51(18-11-27-84-70(77)78)64(107)92-50(17-7-10-26-74)65(108)97-55(29-42-13-3-2-4-14-42)68(111)96-53(59(76)102)31-44-34-81-38-87-44/h2-4,13-14,20-23,34-36,38-41,48-57,100H,5-12,15-19,24-33,37,72-75H2,1H3,(H2,76,102)(H,81,87)(H,82,88)(H,83,89)(H,86,104)(H,90,101)(H,91,103)(H,92,107)(H,93,106)(H,94,105)(H,95,110)(H,96,111)(H,97,108)(H,98,112)(H,99,109)(H4,77,78,84)(H4,79,80,85). The molecule has 5 aromatic rings. The number of benzene rings is 2. The van der Waals surface area contributed by atoms with Crippen LogP contribution < -0.4 is 109 Å². The van der Waals surface area contributed by atoms with Crippen molar-refractivity contribution in [3.05, 3.63) is 120 Å². The molecule has 0 aliphatic heterocycles. The fourth-order valence-electron chi connectivity index (χ4n) is 11.5. The Morgan fingerprint density at radius 2 is 0.696 bits per heavy atom. The first-order valence-electron chi connectivity index (χ1n) is 37.0. The third-order valence-electron chi connectivity index (χ3n) is 17.6. The number of unbranched alkanes of at least 4 members (excludes halogenated alkanes) is 3. The second-order valence-electron chi connectivity index (χ2n) is 26.8. The van der Waals surface area contributed by atoms with Crippen LogP contribution in [0.15, 0.2) is 92.2 Å². The van der Waals surface area contributed by atoms with Crippen molar-refractivity contribution in [3.8, 4) is 5.75 Å². The first-order chi connectivity index (χ1) is 53.7. The number of guanidine groups is 2. The van der Waals surface area contributed by atoms with Gasteiger partial charge >= 0.3 is 0 Å². The van der Waals surface area contributed by atoms with Crippen LogP contribution in [-0.4, -0.2) is 224 Å². The predicted molar refractivity (Wildman–Crippen MR) is 411 cm³/mol. The quantitative estimate of drug-likeness (QED) is 0.00978. The molecule has 0 aliphatic carbocycles. The summed E-state index contributed by atoms with van der Waals surface area (Å²) in [4.78, 5) is 191. The summed E-state index contributed by atoms with van der Waals surface area (Å²) < 4.78 is 0. The number of amides is 12. The monoisotopic (exact) mass is 1560 g/mol. The van der Waals surface area contributed by atoms with E-state index < -0.39 is 144 Å². The van der Waals surface area contributed by atoms with E-state index in [0.29, 0.717) is 55.5 Å². The third-order valence-corrected chi connectivity index (χ3v) is 17.6. The Labute approximate surface area is 647 Å². The Bertz CT molecular complexity index is 3790. The fraction of sp³-hybridized carbons (Fsp3) is 0.507. The number of aromatic nitrogens is 6. The molecule has 11 atom stereocenters. The number of primary amides is 1. The number of carbonyl (C=O) groups is 12. The molecule has 33 N–H and O–H groups in total. The van der Waals surface area contributed by atoms with Crippen LogP contribution in [0.1, 0.15) is 119 Å². The van der Waals surface area contributed by atoms with Crippen LogP contribution in [-0.2, 0) is 89.6 Å². The SMILES string of the molecule is CC(N)C(=O)NC(CCCCN)C(=O)NC(CCCNC(=N)N)C(=O)NC(Cc1c[nH]cn1)C(=O)NC(Cc1c[nH]cn1)C(=O)NCC(=O)NC(Cc1ccc(O)cc1)C(=O)NC(CCCCN)C(=O)NC(CCCNC(=N)N)C(=O)NC(CCCCN)C(=O)NC(Cc1ccccc1)C(=O)NC(Cc1c[nH]cn1)C(N)=O. The van der Waals surface area contributed by atoms with Gasteiger partial charge in [0.05, 0.1) is 48.7 Å². The minimum atomic E-state index is -1.53. The first-order valence-corrected chi connectivity index (χ1v) is 37.0. The van der Waals surface area contributed by atoms with Crippen molar-refractivity contribution in [1.82, 2.24) is 99.0 Å². The summed E-state index contributed by atoms with van der Waals surface area (Å²) in [6.45, 7) is 1.44. The number of hydrogen-bond acceptors (Lipinski definition) is 22. The summed E-state index contributed by atoms with van der Waals surface area (Å²) >= 11 is 0. The summed E-state index contributed by atoms with van der Waals surface area (Å²) in [5, 5.41) is 60.1. The minimum Gasteiger partial charge on any atom is -0.508 e. The molecule has 0 radical (unpaired) electrons. The number of rotatable bonds is 53. The maximum Gasteiger partial charge on any atom is 0.243 e. The lowest BCUT2D eigenvalue weighted by atomic mass is 10.0. The number of nitrogens with one attached hydrogen (secondary N) is 18. The molecule has 0 fully saturated rings. The Kier molecular flexibility index (Phi) is 39.7. The zero-order valence-electron chi connectivity index (χ0n) is 62.7. The predicted octanol–water partition coefficient (Wildman–Crippen LogP) is -6.21. The number of nitrogens with two attached hydrogens (primary N) is 7. The van der Waals surface area contributed by atoms with E-state index in [9.17, 15) is 62.6 Å². The normalized spacial score (nSPS) is 14.0. The summed E-state index contributed by atoms with van der Waals surface area (Å²) in [6, 6.07) is -0.623. The summed E-state index contributed by atoms with van der Waals surface area (Å²) in [7, 11) is 0. The number of aromatic hydroxyl groups is 1. The number of phenolic OH excluding ortho intramolecular Hbond substituents is 1. The minimum absolute atomic E-state index is 0.00795. The molecule has 2 aromatic carbocycles. The van der Waals surface area contributed by atoms with Crippen molar-refractivity contribution >= 4 is 82.8 Å². The van der Waals surface area contributed by atoms with Crippen LogP contribution in [0.4, 0.5) is 0 Å². The van der Waals surface area contributed by atoms with Crippen molar-refractivity contribution < 1.29 is 62.6 Å². The van der Waals surface area contributed by atoms with E-state index >= 15 is 0 Å². The zero-order chi connectivity index (χ0) is 81.9. The van der Waals surface area contributed by atoms with Crippen molar-refractivity contribution in [1.29, 1.82) is 10.8 Å². The number of imidazole rings is 3. The number of nitrogens with zero attached hydrogens (tertiary/aromatic N) is 3. The lowest BCUT2D eigenvalue weighted by Gasteiger charge is -2.28. The Morgan fingerprint density at radius 3 is 1.04 bits per heavy atom. The molecule has 12 amide bonds. The van der Waals surface area contributed by atoms with E-state index in [1.807, 2.05) is 0 Å². The fourth-order valence-corrected chi connectivity index (χ4v) is 11.5. The molecular weight excluding hydrogens is 1450 g/mol. The van der Waals surface area contributed by atoms with Crippen molar-refractivity contribution in [2.75, 3.05) is 39.3 Å². The van der Waals surface area contributed by atoms with Gasteiger partial charge in [-0.05, 0) is 133 Å². The van der Waals surface area contributed by atoms with Gasteiger partial charge in [0.2, 0.25) is 70.9 Å². The number of hydrogen-bond donors (Lipinski definition) is 26. The molecule has 0 saturated heterocycles. The molecule has 0 aliphatic rings. The van der Waals surface area contributed by atoms with Crippen LogP contribution in [0.5, 0.6) is 5.75 Å². The highest BCUT2D eigenvalue weighted by atomic mass is 16.3. The van der Waals surface area contributed by atoms with Crippen LogP contribution in [0, 0.1) is 10.8 Å². The maximum absolute atomic E-state index is 14.8. The number of carbonyl (C=O) groups excluding carboxylic acids is 12. The second kappa shape index (κ2) is 49.1. The first kappa shape index (κ1) is 90.5. The van der Waals surface area contributed by atoms with E-state index in [1.165, 1.54) is 68.8 Å². The lowest BCUT2D eigenvalue weighted by molar-refractivity contribution is -0.135. The smallest absolute Gasteiger partial charge is 0.243 e. The van der Waals surface area contributed by atoms with Crippen LogP contribution in [0.25, 0.3) is 0 Å². The molecule has 0 bridgehead atoms. The topological polar surface area (TPSA) is 697 Å². The molecular formula is C71H110N28O13. The highest BCUT2D eigenvalue weighted by molar-refractivity contribution is 5.99. The molecule has 0 spiro atoms. The Morgan fingerprint density at radius 1 is 0.384 bits per heavy atom. The third kappa shape index (κ3) is 33.8. The molecule has 112 heavy (non-hydrogen) atoms. The van der Waals surface area contributed by atoms with Crippen LogP contribution in [0.3, 0.4) is 0 Å². The Balaban J connectivity index is 1.39. The van der Waals surface area contributed by atoms with E-state index in [0.717, 1.165) is 0 Å². The molecule has 5 rings (SSSR count). The molecule has 612 valence electrons. The molecule has 3 heterocycles. The van der Waals surface area contributed by atoms with Gasteiger partial charge in [0.25, 0.3) is 0 Å². The van der Waals surface area contributed by atoms with Gasteiger partial charge in [-0.15, -0.1) is 0 Å². The van der Waals surface area contributed by atoms with E-state index in [2.05, 4.69) is 99.0 Å². The number of phenols is 1.